The molecule has 1 aliphatic heterocycles. The van der Waals surface area contributed by atoms with Crippen molar-refractivity contribution >= 4 is 22.5 Å². The fourth-order valence-electron chi connectivity index (χ4n) is 6.17. The van der Waals surface area contributed by atoms with Crippen LogP contribution in [0.15, 0.2) is 84.2 Å². The number of carbonyl (C=O) groups is 1. The van der Waals surface area contributed by atoms with E-state index in [1.165, 1.54) is 0 Å². The Morgan fingerprint density at radius 2 is 1.88 bits per heavy atom. The van der Waals surface area contributed by atoms with Gasteiger partial charge in [-0.05, 0) is 70.1 Å². The van der Waals surface area contributed by atoms with Crippen LogP contribution >= 0.6 is 0 Å². The maximum atomic E-state index is 14.4. The zero-order valence-corrected chi connectivity index (χ0v) is 26.9. The summed E-state index contributed by atoms with van der Waals surface area (Å²) in [5.41, 5.74) is 9.56. The van der Waals surface area contributed by atoms with Gasteiger partial charge in [0.05, 0.1) is 46.6 Å². The van der Waals surface area contributed by atoms with Crippen LogP contribution in [0.2, 0.25) is 0 Å². The molecule has 12 nitrogen and oxygen atoms in total. The average Bonchev–Trinajstić information content (AvgIpc) is 3.70. The van der Waals surface area contributed by atoms with Gasteiger partial charge in [0.15, 0.2) is 5.65 Å². The lowest BCUT2D eigenvalue weighted by molar-refractivity contribution is 0.0938. The molecule has 1 atom stereocenters. The van der Waals surface area contributed by atoms with Crippen molar-refractivity contribution < 1.29 is 4.79 Å². The summed E-state index contributed by atoms with van der Waals surface area (Å²) in [6.45, 7) is 7.27. The number of nitrogens with one attached hydrogen (secondary N) is 1. The molecule has 7 rings (SSSR count). The number of benzene rings is 2. The molecule has 3 N–H and O–H groups in total. The predicted octanol–water partition coefficient (Wildman–Crippen LogP) is 3.25. The molecule has 242 valence electrons. The molecule has 1 saturated heterocycles. The van der Waals surface area contributed by atoms with Gasteiger partial charge in [-0.2, -0.15) is 10.2 Å². The van der Waals surface area contributed by atoms with Gasteiger partial charge in [0.1, 0.15) is 11.4 Å². The minimum absolute atomic E-state index is 0.280. The number of likely N-dealkylation sites (tertiary alicyclic amines) is 1. The first-order chi connectivity index (χ1) is 23.4. The molecule has 12 heteroatoms. The molecule has 0 bridgehead atoms. The maximum absolute atomic E-state index is 14.4. The normalized spacial score (nSPS) is 14.6. The number of nitrogens with zero attached hydrogens (tertiary/aromatic N) is 8. The van der Waals surface area contributed by atoms with Gasteiger partial charge in [-0.25, -0.2) is 14.5 Å². The highest BCUT2D eigenvalue weighted by Gasteiger charge is 2.24. The van der Waals surface area contributed by atoms with E-state index in [2.05, 4.69) is 37.2 Å². The molecule has 0 saturated carbocycles. The van der Waals surface area contributed by atoms with E-state index in [0.29, 0.717) is 50.9 Å². The Balaban J connectivity index is 1.20. The number of carbonyl (C=O) groups excluding carboxylic acids is 1. The fraction of sp³-hybridized carbons (Fsp3) is 0.278. The fourth-order valence-corrected chi connectivity index (χ4v) is 6.17. The van der Waals surface area contributed by atoms with E-state index in [-0.39, 0.29) is 11.5 Å². The number of para-hydroxylation sites is 1. The summed E-state index contributed by atoms with van der Waals surface area (Å²) < 4.78 is 5.02. The zero-order chi connectivity index (χ0) is 33.2. The number of amides is 1. The molecule has 0 radical (unpaired) electrons. The molecule has 0 spiro atoms. The number of piperidine rings is 1. The van der Waals surface area contributed by atoms with E-state index in [9.17, 15) is 9.59 Å². The van der Waals surface area contributed by atoms with Crippen molar-refractivity contribution in [3.05, 3.63) is 118 Å². The maximum Gasteiger partial charge on any atom is 0.267 e. The van der Waals surface area contributed by atoms with Crippen molar-refractivity contribution in [1.29, 1.82) is 0 Å². The van der Waals surface area contributed by atoms with Gasteiger partial charge in [0, 0.05) is 36.7 Å². The van der Waals surface area contributed by atoms with Crippen LogP contribution in [0.3, 0.4) is 0 Å². The van der Waals surface area contributed by atoms with E-state index in [4.69, 9.17) is 10.7 Å². The lowest BCUT2D eigenvalue weighted by Gasteiger charge is -2.29. The Labute approximate surface area is 277 Å². The molecule has 2 aromatic carbocycles. The molecular weight excluding hydrogens is 604 g/mol. The van der Waals surface area contributed by atoms with Crippen molar-refractivity contribution in [3.8, 4) is 17.5 Å². The third kappa shape index (κ3) is 6.21. The van der Waals surface area contributed by atoms with Crippen LogP contribution in [0, 0.1) is 18.8 Å². The van der Waals surface area contributed by atoms with Crippen LogP contribution in [0.5, 0.6) is 0 Å². The molecule has 5 heterocycles. The van der Waals surface area contributed by atoms with Crippen molar-refractivity contribution in [3.63, 3.8) is 0 Å². The zero-order valence-electron chi connectivity index (χ0n) is 26.9. The lowest BCUT2D eigenvalue weighted by atomic mass is 10.1. The second-order valence-electron chi connectivity index (χ2n) is 12.1. The van der Waals surface area contributed by atoms with Gasteiger partial charge in [0.25, 0.3) is 11.5 Å². The van der Waals surface area contributed by atoms with Gasteiger partial charge in [-0.1, -0.05) is 36.1 Å². The Hall–Kier alpha value is -5.64. The summed E-state index contributed by atoms with van der Waals surface area (Å²) in [6, 6.07) is 16.1. The van der Waals surface area contributed by atoms with Crippen molar-refractivity contribution in [2.45, 2.75) is 45.3 Å². The van der Waals surface area contributed by atoms with Gasteiger partial charge in [0.2, 0.25) is 0 Å². The predicted molar refractivity (Wildman–Crippen MR) is 183 cm³/mol. The summed E-state index contributed by atoms with van der Waals surface area (Å²) in [5, 5.41) is 12.3. The Morgan fingerprint density at radius 1 is 1.06 bits per heavy atom. The Bertz CT molecular complexity index is 2230. The van der Waals surface area contributed by atoms with E-state index in [1.807, 2.05) is 53.3 Å². The summed E-state index contributed by atoms with van der Waals surface area (Å²) in [4.78, 5) is 39.7. The number of aromatic nitrogens is 7. The van der Waals surface area contributed by atoms with E-state index in [0.717, 1.165) is 44.6 Å². The molecule has 48 heavy (non-hydrogen) atoms. The highest BCUT2D eigenvalue weighted by atomic mass is 16.2. The van der Waals surface area contributed by atoms with Crippen LogP contribution < -0.4 is 16.6 Å². The molecule has 1 fully saturated rings. The van der Waals surface area contributed by atoms with E-state index >= 15 is 0 Å². The van der Waals surface area contributed by atoms with E-state index < -0.39 is 6.04 Å². The standard InChI is InChI=1S/C36H36N10O2/c1-24-31(34-38-16-7-17-45(34)42-24)35(47)40-25(2)33-41-30-11-6-8-27(32(30)36(48)46(33)29-9-4-3-5-10-29)13-12-26-22-39-44(23-26)21-20-43-18-14-28(37)15-19-43/h3-11,16-17,22-23,25,28H,14-15,18-21,37H2,1-2H3,(H,40,47)/t25-/m1/s1. The minimum Gasteiger partial charge on any atom is -0.342 e. The Morgan fingerprint density at radius 3 is 2.69 bits per heavy atom. The number of hydrogen-bond donors (Lipinski definition) is 2. The molecule has 6 aromatic rings. The molecule has 0 unspecified atom stereocenters. The number of fused-ring (bicyclic) bond motifs is 2. The second-order valence-corrected chi connectivity index (χ2v) is 12.1. The number of aryl methyl sites for hydroxylation is 1. The number of hydrogen-bond acceptors (Lipinski definition) is 8. The van der Waals surface area contributed by atoms with Crippen LogP contribution in [0.1, 0.15) is 58.8 Å². The van der Waals surface area contributed by atoms with Crippen LogP contribution in [-0.2, 0) is 6.54 Å². The minimum atomic E-state index is -0.643. The van der Waals surface area contributed by atoms with E-state index in [1.54, 1.807) is 53.7 Å². The van der Waals surface area contributed by atoms with Gasteiger partial charge in [-0.3, -0.25) is 18.8 Å². The first kappa shape index (κ1) is 31.0. The number of rotatable bonds is 7. The molecule has 4 aromatic heterocycles. The quantitative estimate of drug-likeness (QED) is 0.254. The van der Waals surface area contributed by atoms with Crippen LogP contribution in [0.4, 0.5) is 0 Å². The Kier molecular flexibility index (Phi) is 8.54. The number of nitrogens with two attached hydrogens (primary N) is 1. The third-order valence-electron chi connectivity index (χ3n) is 8.72. The molecule has 0 aliphatic carbocycles. The second kappa shape index (κ2) is 13.2. The summed E-state index contributed by atoms with van der Waals surface area (Å²) in [7, 11) is 0. The van der Waals surface area contributed by atoms with Crippen LogP contribution in [0.25, 0.3) is 22.2 Å². The third-order valence-corrected chi connectivity index (χ3v) is 8.72. The monoisotopic (exact) mass is 640 g/mol. The smallest absolute Gasteiger partial charge is 0.267 e. The van der Waals surface area contributed by atoms with Gasteiger partial charge < -0.3 is 16.0 Å². The van der Waals surface area contributed by atoms with Gasteiger partial charge in [-0.15, -0.1) is 0 Å². The largest absolute Gasteiger partial charge is 0.342 e. The summed E-state index contributed by atoms with van der Waals surface area (Å²) >= 11 is 0. The SMILES string of the molecule is Cc1nn2cccnc2c1C(=O)N[C@H](C)c1nc2cccc(C#Cc3cnn(CCN4CCC(N)CC4)c3)c2c(=O)n1-c1ccccc1. The lowest BCUT2D eigenvalue weighted by Crippen LogP contribution is -2.40. The van der Waals surface area contributed by atoms with Crippen molar-refractivity contribution in [1.82, 2.24) is 44.1 Å². The summed E-state index contributed by atoms with van der Waals surface area (Å²) in [5.74, 6) is 6.42. The molecule has 1 aliphatic rings. The first-order valence-electron chi connectivity index (χ1n) is 16.1. The highest BCUT2D eigenvalue weighted by molar-refractivity contribution is 6.01. The van der Waals surface area contributed by atoms with Crippen molar-refractivity contribution in [2.75, 3.05) is 19.6 Å². The van der Waals surface area contributed by atoms with Crippen molar-refractivity contribution in [2.24, 2.45) is 5.73 Å². The van der Waals surface area contributed by atoms with Gasteiger partial charge >= 0.3 is 0 Å². The molecular formula is C36H36N10O2. The average molecular weight is 641 g/mol. The topological polar surface area (TPSA) is 141 Å². The summed E-state index contributed by atoms with van der Waals surface area (Å²) in [6.07, 6.45) is 9.09. The van der Waals surface area contributed by atoms with Crippen LogP contribution in [-0.4, -0.2) is 70.4 Å². The molecule has 1 amide bonds. The first-order valence-corrected chi connectivity index (χ1v) is 16.1. The highest BCUT2D eigenvalue weighted by Crippen LogP contribution is 2.22.